The van der Waals surface area contributed by atoms with Crippen molar-refractivity contribution in [2.75, 3.05) is 43.6 Å². The molecule has 1 fully saturated rings. The van der Waals surface area contributed by atoms with Crippen LogP contribution in [0.5, 0.6) is 5.75 Å². The van der Waals surface area contributed by atoms with Crippen molar-refractivity contribution in [2.24, 2.45) is 0 Å². The minimum absolute atomic E-state index is 0.0957. The van der Waals surface area contributed by atoms with Gasteiger partial charge in [-0.15, -0.1) is 0 Å². The maximum Gasteiger partial charge on any atom is 0.262 e. The van der Waals surface area contributed by atoms with Crippen LogP contribution in [0.2, 0.25) is 0 Å². The molecule has 1 atom stereocenters. The quantitative estimate of drug-likeness (QED) is 0.217. The molecule has 1 saturated heterocycles. The third kappa shape index (κ3) is 6.48. The molecule has 0 spiro atoms. The third-order valence-electron chi connectivity index (χ3n) is 6.99. The average Bonchev–Trinajstić information content (AvgIpc) is 3.00. The molecule has 0 radical (unpaired) electrons. The minimum atomic E-state index is -0.439. The molecule has 1 aromatic heterocycles. The van der Waals surface area contributed by atoms with Crippen molar-refractivity contribution in [3.05, 3.63) is 88.7 Å². The lowest BCUT2D eigenvalue weighted by Gasteiger charge is -2.29. The predicted molar refractivity (Wildman–Crippen MR) is 161 cm³/mol. The van der Waals surface area contributed by atoms with E-state index in [1.165, 1.54) is 11.8 Å². The number of thioether (sulfide) groups is 1. The molecule has 2 heterocycles. The second-order valence-corrected chi connectivity index (χ2v) is 10.8. The molecule has 1 aliphatic rings. The number of aryl methyl sites for hydroxylation is 1. The average molecular weight is 559 g/mol. The van der Waals surface area contributed by atoms with E-state index in [9.17, 15) is 9.59 Å². The highest BCUT2D eigenvalue weighted by Gasteiger charge is 2.23. The van der Waals surface area contributed by atoms with Crippen LogP contribution in [0.3, 0.4) is 0 Å². The van der Waals surface area contributed by atoms with Crippen molar-refractivity contribution in [3.8, 4) is 5.75 Å². The van der Waals surface area contributed by atoms with Crippen LogP contribution in [0.4, 0.5) is 11.4 Å². The molecule has 0 saturated carbocycles. The van der Waals surface area contributed by atoms with Crippen molar-refractivity contribution < 1.29 is 14.3 Å². The Bertz CT molecular complexity index is 1520. The number of amides is 1. The van der Waals surface area contributed by atoms with E-state index in [1.807, 2.05) is 61.5 Å². The van der Waals surface area contributed by atoms with E-state index in [1.54, 1.807) is 17.7 Å². The SMILES string of the molecule is CCC(Sc1nc2ccc(N3CCOCC3)cc2c(=O)n1CCc1ccccc1)C(=O)Nc1cccc(OC)c1. The molecule has 1 aliphatic heterocycles. The van der Waals surface area contributed by atoms with Gasteiger partial charge in [0.1, 0.15) is 5.75 Å². The molecular formula is C31H34N4O4S. The Morgan fingerprint density at radius 2 is 1.88 bits per heavy atom. The first kappa shape index (κ1) is 27.7. The summed E-state index contributed by atoms with van der Waals surface area (Å²) in [6.07, 6.45) is 1.25. The summed E-state index contributed by atoms with van der Waals surface area (Å²) in [7, 11) is 1.59. The Kier molecular flexibility index (Phi) is 9.03. The second kappa shape index (κ2) is 13.0. The predicted octanol–water partition coefficient (Wildman–Crippen LogP) is 4.99. The van der Waals surface area contributed by atoms with Gasteiger partial charge in [0.15, 0.2) is 5.16 Å². The Morgan fingerprint density at radius 1 is 1.07 bits per heavy atom. The van der Waals surface area contributed by atoms with Crippen LogP contribution in [-0.4, -0.2) is 54.1 Å². The highest BCUT2D eigenvalue weighted by molar-refractivity contribution is 8.00. The Hall–Kier alpha value is -3.82. The first-order valence-electron chi connectivity index (χ1n) is 13.6. The molecular weight excluding hydrogens is 524 g/mol. The number of fused-ring (bicyclic) bond motifs is 1. The molecule has 0 bridgehead atoms. The van der Waals surface area contributed by atoms with E-state index in [-0.39, 0.29) is 11.5 Å². The number of nitrogens with zero attached hydrogens (tertiary/aromatic N) is 3. The molecule has 1 amide bonds. The van der Waals surface area contributed by atoms with E-state index >= 15 is 0 Å². The van der Waals surface area contributed by atoms with Crippen LogP contribution in [0.25, 0.3) is 10.9 Å². The number of benzene rings is 3. The second-order valence-electron chi connectivity index (χ2n) is 9.62. The first-order valence-corrected chi connectivity index (χ1v) is 14.5. The lowest BCUT2D eigenvalue weighted by Crippen LogP contribution is -2.36. The lowest BCUT2D eigenvalue weighted by atomic mass is 10.1. The fourth-order valence-corrected chi connectivity index (χ4v) is 5.79. The van der Waals surface area contributed by atoms with Gasteiger partial charge in [-0.3, -0.25) is 14.2 Å². The van der Waals surface area contributed by atoms with E-state index in [0.29, 0.717) is 60.1 Å². The summed E-state index contributed by atoms with van der Waals surface area (Å²) in [5.74, 6) is 0.522. The van der Waals surface area contributed by atoms with E-state index in [2.05, 4.69) is 22.3 Å². The van der Waals surface area contributed by atoms with Gasteiger partial charge in [0.05, 0.1) is 36.5 Å². The summed E-state index contributed by atoms with van der Waals surface area (Å²) in [4.78, 5) is 34.4. The maximum atomic E-state index is 14.0. The van der Waals surface area contributed by atoms with Crippen molar-refractivity contribution in [2.45, 2.75) is 36.7 Å². The van der Waals surface area contributed by atoms with Crippen LogP contribution in [0, 0.1) is 0 Å². The number of rotatable bonds is 10. The summed E-state index contributed by atoms with van der Waals surface area (Å²) in [5, 5.41) is 3.67. The van der Waals surface area contributed by atoms with Gasteiger partial charge in [0, 0.05) is 37.1 Å². The van der Waals surface area contributed by atoms with Crippen molar-refractivity contribution in [3.63, 3.8) is 0 Å². The normalized spacial score (nSPS) is 14.2. The number of ether oxygens (including phenoxy) is 2. The van der Waals surface area contributed by atoms with Crippen molar-refractivity contribution >= 4 is 39.9 Å². The van der Waals surface area contributed by atoms with Gasteiger partial charge in [-0.25, -0.2) is 4.98 Å². The molecule has 4 aromatic rings. The maximum absolute atomic E-state index is 14.0. The Labute approximate surface area is 238 Å². The molecule has 5 rings (SSSR count). The fraction of sp³-hybridized carbons (Fsp3) is 0.323. The van der Waals surface area contributed by atoms with E-state index in [4.69, 9.17) is 14.5 Å². The zero-order chi connectivity index (χ0) is 27.9. The Morgan fingerprint density at radius 3 is 2.62 bits per heavy atom. The summed E-state index contributed by atoms with van der Waals surface area (Å²) >= 11 is 1.33. The smallest absolute Gasteiger partial charge is 0.262 e. The number of aromatic nitrogens is 2. The molecule has 3 aromatic carbocycles. The number of carbonyl (C=O) groups excluding carboxylic acids is 1. The van der Waals surface area contributed by atoms with Gasteiger partial charge in [0.2, 0.25) is 5.91 Å². The number of hydrogen-bond acceptors (Lipinski definition) is 7. The standard InChI is InChI=1S/C31H34N4O4S/c1-3-28(29(36)32-23-10-7-11-25(20-23)38-2)40-31-33-27-13-12-24(34-16-18-39-19-17-34)21-26(27)30(37)35(31)15-14-22-8-5-4-6-9-22/h4-13,20-21,28H,3,14-19H2,1-2H3,(H,32,36). The highest BCUT2D eigenvalue weighted by atomic mass is 32.2. The molecule has 9 heteroatoms. The number of nitrogens with one attached hydrogen (secondary N) is 1. The minimum Gasteiger partial charge on any atom is -0.497 e. The number of morpholine rings is 1. The molecule has 0 aliphatic carbocycles. The van der Waals surface area contributed by atoms with E-state index in [0.717, 1.165) is 24.3 Å². The van der Waals surface area contributed by atoms with Gasteiger partial charge in [-0.2, -0.15) is 0 Å². The third-order valence-corrected chi connectivity index (χ3v) is 8.35. The van der Waals surface area contributed by atoms with Gasteiger partial charge in [-0.1, -0.05) is 55.1 Å². The summed E-state index contributed by atoms with van der Waals surface area (Å²) in [6, 6.07) is 23.2. The monoisotopic (exact) mass is 558 g/mol. The highest BCUT2D eigenvalue weighted by Crippen LogP contribution is 2.28. The molecule has 8 nitrogen and oxygen atoms in total. The zero-order valence-electron chi connectivity index (χ0n) is 22.8. The van der Waals surface area contributed by atoms with Crippen LogP contribution in [0.15, 0.2) is 82.7 Å². The van der Waals surface area contributed by atoms with E-state index < -0.39 is 5.25 Å². The fourth-order valence-electron chi connectivity index (χ4n) is 4.75. The largest absolute Gasteiger partial charge is 0.497 e. The number of hydrogen-bond donors (Lipinski definition) is 1. The molecule has 1 N–H and O–H groups in total. The number of anilines is 2. The van der Waals surface area contributed by atoms with Crippen LogP contribution in [-0.2, 0) is 22.5 Å². The summed E-state index contributed by atoms with van der Waals surface area (Å²) < 4.78 is 12.5. The lowest BCUT2D eigenvalue weighted by molar-refractivity contribution is -0.115. The number of carbonyl (C=O) groups is 1. The summed E-state index contributed by atoms with van der Waals surface area (Å²) in [6.45, 7) is 5.34. The van der Waals surface area contributed by atoms with Crippen molar-refractivity contribution in [1.82, 2.24) is 9.55 Å². The van der Waals surface area contributed by atoms with Gasteiger partial charge >= 0.3 is 0 Å². The molecule has 40 heavy (non-hydrogen) atoms. The van der Waals surface area contributed by atoms with Crippen LogP contribution >= 0.6 is 11.8 Å². The summed E-state index contributed by atoms with van der Waals surface area (Å²) in [5.41, 5.74) is 3.32. The van der Waals surface area contributed by atoms with Gasteiger partial charge < -0.3 is 19.7 Å². The zero-order valence-corrected chi connectivity index (χ0v) is 23.7. The van der Waals surface area contributed by atoms with Gasteiger partial charge in [-0.05, 0) is 48.7 Å². The van der Waals surface area contributed by atoms with Gasteiger partial charge in [0.25, 0.3) is 5.56 Å². The van der Waals surface area contributed by atoms with Crippen molar-refractivity contribution in [1.29, 1.82) is 0 Å². The van der Waals surface area contributed by atoms with Crippen LogP contribution in [0.1, 0.15) is 18.9 Å². The molecule has 1 unspecified atom stereocenters. The topological polar surface area (TPSA) is 85.7 Å². The number of methoxy groups -OCH3 is 1. The Balaban J connectivity index is 1.47. The van der Waals surface area contributed by atoms with Crippen LogP contribution < -0.4 is 20.5 Å². The first-order chi connectivity index (χ1) is 19.6. The molecule has 208 valence electrons.